The summed E-state index contributed by atoms with van der Waals surface area (Å²) >= 11 is 0. The van der Waals surface area contributed by atoms with E-state index in [0.717, 1.165) is 55.3 Å². The van der Waals surface area contributed by atoms with E-state index in [2.05, 4.69) is 16.8 Å². The molecule has 1 aromatic carbocycles. The van der Waals surface area contributed by atoms with Crippen molar-refractivity contribution in [1.82, 2.24) is 4.90 Å². The van der Waals surface area contributed by atoms with Gasteiger partial charge in [0.15, 0.2) is 0 Å². The highest BCUT2D eigenvalue weighted by atomic mass is 32.2. The van der Waals surface area contributed by atoms with Gasteiger partial charge in [-0.2, -0.15) is 0 Å². The highest BCUT2D eigenvalue weighted by Gasteiger charge is 2.31. The Hall–Kier alpha value is -1.47. The van der Waals surface area contributed by atoms with Gasteiger partial charge < -0.3 is 14.5 Å². The van der Waals surface area contributed by atoms with Crippen LogP contribution in [-0.4, -0.2) is 65.4 Å². The predicted octanol–water partition coefficient (Wildman–Crippen LogP) is 0.913. The fraction of sp³-hybridized carbons (Fsp3) is 0.625. The third-order valence-electron chi connectivity index (χ3n) is 4.98. The molecule has 0 spiro atoms. The van der Waals surface area contributed by atoms with Crippen LogP contribution in [0.2, 0.25) is 0 Å². The van der Waals surface area contributed by atoms with Gasteiger partial charge in [0, 0.05) is 44.7 Å². The standard InChI is InChI=1S/C16H23N3O3S/c1-17-5-7-18(8-6-17)15-12-14(11-13-3-9-22-16(13)15)19-4-2-10-23(19,20)21/h11-12H,2-10H2,1H3. The van der Waals surface area contributed by atoms with Crippen molar-refractivity contribution in [2.75, 3.05) is 61.3 Å². The third kappa shape index (κ3) is 2.65. The summed E-state index contributed by atoms with van der Waals surface area (Å²) in [6.07, 6.45) is 1.57. The first-order valence-corrected chi connectivity index (χ1v) is 9.89. The molecule has 0 saturated carbocycles. The molecule has 0 atom stereocenters. The van der Waals surface area contributed by atoms with E-state index in [0.29, 0.717) is 19.6 Å². The highest BCUT2D eigenvalue weighted by Crippen LogP contribution is 2.41. The number of ether oxygens (including phenoxy) is 1. The number of piperazine rings is 1. The molecule has 0 radical (unpaired) electrons. The number of benzene rings is 1. The van der Waals surface area contributed by atoms with Crippen LogP contribution in [0.3, 0.4) is 0 Å². The van der Waals surface area contributed by atoms with E-state index in [1.165, 1.54) is 0 Å². The molecule has 3 heterocycles. The minimum absolute atomic E-state index is 0.254. The molecule has 7 heteroatoms. The zero-order valence-corrected chi connectivity index (χ0v) is 14.3. The van der Waals surface area contributed by atoms with Crippen LogP contribution in [0.4, 0.5) is 11.4 Å². The van der Waals surface area contributed by atoms with Crippen LogP contribution >= 0.6 is 0 Å². The lowest BCUT2D eigenvalue weighted by Crippen LogP contribution is -2.44. The molecular weight excluding hydrogens is 314 g/mol. The zero-order valence-electron chi connectivity index (χ0n) is 13.5. The predicted molar refractivity (Wildman–Crippen MR) is 91.1 cm³/mol. The summed E-state index contributed by atoms with van der Waals surface area (Å²) in [5, 5.41) is 0. The van der Waals surface area contributed by atoms with Crippen molar-refractivity contribution in [1.29, 1.82) is 0 Å². The van der Waals surface area contributed by atoms with Crippen LogP contribution in [-0.2, 0) is 16.4 Å². The number of likely N-dealkylation sites (N-methyl/N-ethyl adjacent to an activating group) is 1. The fourth-order valence-electron chi connectivity index (χ4n) is 3.63. The molecule has 0 unspecified atom stereocenters. The molecule has 0 aliphatic carbocycles. The van der Waals surface area contributed by atoms with Gasteiger partial charge in [-0.1, -0.05) is 0 Å². The molecule has 2 saturated heterocycles. The summed E-state index contributed by atoms with van der Waals surface area (Å²) in [6, 6.07) is 4.02. The quantitative estimate of drug-likeness (QED) is 0.803. The van der Waals surface area contributed by atoms with Crippen LogP contribution in [0.25, 0.3) is 0 Å². The first-order valence-electron chi connectivity index (χ1n) is 8.28. The molecule has 3 aliphatic rings. The Morgan fingerprint density at radius 1 is 1.09 bits per heavy atom. The Bertz CT molecular complexity index is 712. The molecule has 3 aliphatic heterocycles. The van der Waals surface area contributed by atoms with Crippen LogP contribution in [0.5, 0.6) is 5.75 Å². The molecule has 0 amide bonds. The number of hydrogen-bond donors (Lipinski definition) is 0. The Kier molecular flexibility index (Phi) is 3.65. The van der Waals surface area contributed by atoms with Crippen molar-refractivity contribution >= 4 is 21.4 Å². The van der Waals surface area contributed by atoms with Crippen molar-refractivity contribution < 1.29 is 13.2 Å². The molecule has 0 aromatic heterocycles. The SMILES string of the molecule is CN1CCN(c2cc(N3CCCS3(=O)=O)cc3c2OCC3)CC1. The van der Waals surface area contributed by atoms with Crippen LogP contribution in [0, 0.1) is 0 Å². The number of nitrogens with zero attached hydrogens (tertiary/aromatic N) is 3. The number of hydrogen-bond acceptors (Lipinski definition) is 5. The monoisotopic (exact) mass is 337 g/mol. The highest BCUT2D eigenvalue weighted by molar-refractivity contribution is 7.93. The minimum atomic E-state index is -3.15. The van der Waals surface area contributed by atoms with Gasteiger partial charge in [-0.15, -0.1) is 0 Å². The Balaban J connectivity index is 1.74. The first kappa shape index (κ1) is 15.1. The van der Waals surface area contributed by atoms with Crippen LogP contribution in [0.1, 0.15) is 12.0 Å². The Morgan fingerprint density at radius 3 is 2.57 bits per heavy atom. The molecule has 0 N–H and O–H groups in total. The molecule has 4 rings (SSSR count). The summed E-state index contributed by atoms with van der Waals surface area (Å²) in [4.78, 5) is 4.64. The van der Waals surface area contributed by atoms with Gasteiger partial charge in [0.1, 0.15) is 5.75 Å². The van der Waals surface area contributed by atoms with E-state index in [-0.39, 0.29) is 5.75 Å². The minimum Gasteiger partial charge on any atom is -0.491 e. The Morgan fingerprint density at radius 2 is 1.87 bits per heavy atom. The van der Waals surface area contributed by atoms with Gasteiger partial charge >= 0.3 is 0 Å². The van der Waals surface area contributed by atoms with Crippen LogP contribution in [0.15, 0.2) is 12.1 Å². The van der Waals surface area contributed by atoms with E-state index >= 15 is 0 Å². The maximum atomic E-state index is 12.3. The molecule has 0 bridgehead atoms. The van der Waals surface area contributed by atoms with E-state index in [1.54, 1.807) is 4.31 Å². The van der Waals surface area contributed by atoms with Gasteiger partial charge in [0.2, 0.25) is 10.0 Å². The van der Waals surface area contributed by atoms with Crippen LogP contribution < -0.4 is 13.9 Å². The molecule has 23 heavy (non-hydrogen) atoms. The lowest BCUT2D eigenvalue weighted by atomic mass is 10.1. The second-order valence-electron chi connectivity index (χ2n) is 6.58. The Labute approximate surface area is 137 Å². The summed E-state index contributed by atoms with van der Waals surface area (Å²) in [5.41, 5.74) is 3.00. The molecular formula is C16H23N3O3S. The van der Waals surface area contributed by atoms with E-state index in [1.807, 2.05) is 12.1 Å². The van der Waals surface area contributed by atoms with Gasteiger partial charge in [0.05, 0.1) is 23.7 Å². The first-order chi connectivity index (χ1) is 11.0. The number of rotatable bonds is 2. The van der Waals surface area contributed by atoms with Gasteiger partial charge in [0.25, 0.3) is 0 Å². The second kappa shape index (κ2) is 5.56. The average Bonchev–Trinajstić information content (AvgIpc) is 3.12. The fourth-order valence-corrected chi connectivity index (χ4v) is 5.18. The van der Waals surface area contributed by atoms with Crippen molar-refractivity contribution in [2.45, 2.75) is 12.8 Å². The molecule has 1 aromatic rings. The van der Waals surface area contributed by atoms with Crippen molar-refractivity contribution in [3.8, 4) is 5.75 Å². The molecule has 6 nitrogen and oxygen atoms in total. The normalized spacial score (nSPS) is 23.9. The van der Waals surface area contributed by atoms with Crippen molar-refractivity contribution in [3.05, 3.63) is 17.7 Å². The van der Waals surface area contributed by atoms with E-state index in [4.69, 9.17) is 4.74 Å². The summed E-state index contributed by atoms with van der Waals surface area (Å²) < 4.78 is 32.0. The van der Waals surface area contributed by atoms with Gasteiger partial charge in [-0.05, 0) is 25.6 Å². The van der Waals surface area contributed by atoms with Crippen molar-refractivity contribution in [3.63, 3.8) is 0 Å². The second-order valence-corrected chi connectivity index (χ2v) is 8.60. The maximum absolute atomic E-state index is 12.3. The third-order valence-corrected chi connectivity index (χ3v) is 6.85. The summed E-state index contributed by atoms with van der Waals surface area (Å²) in [7, 11) is -1.02. The van der Waals surface area contributed by atoms with Crippen molar-refractivity contribution in [2.24, 2.45) is 0 Å². The van der Waals surface area contributed by atoms with Gasteiger partial charge in [-0.25, -0.2) is 8.42 Å². The lowest BCUT2D eigenvalue weighted by Gasteiger charge is -2.35. The largest absolute Gasteiger partial charge is 0.491 e. The smallest absolute Gasteiger partial charge is 0.235 e. The average molecular weight is 337 g/mol. The van der Waals surface area contributed by atoms with E-state index < -0.39 is 10.0 Å². The summed E-state index contributed by atoms with van der Waals surface area (Å²) in [6.45, 7) is 5.20. The lowest BCUT2D eigenvalue weighted by molar-refractivity contribution is 0.309. The summed E-state index contributed by atoms with van der Waals surface area (Å²) in [5.74, 6) is 1.21. The number of sulfonamides is 1. The van der Waals surface area contributed by atoms with Gasteiger partial charge in [-0.3, -0.25) is 4.31 Å². The topological polar surface area (TPSA) is 53.1 Å². The molecule has 2 fully saturated rings. The maximum Gasteiger partial charge on any atom is 0.235 e. The molecule has 126 valence electrons. The number of fused-ring (bicyclic) bond motifs is 1. The van der Waals surface area contributed by atoms with E-state index in [9.17, 15) is 8.42 Å². The number of anilines is 2. The zero-order chi connectivity index (χ0) is 16.0.